The molecule has 25 heavy (non-hydrogen) atoms. The van der Waals surface area contributed by atoms with Crippen molar-refractivity contribution in [3.05, 3.63) is 23.9 Å². The van der Waals surface area contributed by atoms with Crippen molar-refractivity contribution in [2.24, 2.45) is 5.41 Å². The molecule has 0 radical (unpaired) electrons. The van der Waals surface area contributed by atoms with Crippen molar-refractivity contribution in [2.75, 3.05) is 13.2 Å². The summed E-state index contributed by atoms with van der Waals surface area (Å²) >= 11 is 1.72. The lowest BCUT2D eigenvalue weighted by atomic mass is 9.78. The summed E-state index contributed by atoms with van der Waals surface area (Å²) in [6.45, 7) is 17.4. The van der Waals surface area contributed by atoms with Gasteiger partial charge in [0.2, 0.25) is 5.91 Å². The highest BCUT2D eigenvalue weighted by molar-refractivity contribution is 8.01. The molecular formula is C20H35NO3S. The molecule has 0 aliphatic carbocycles. The van der Waals surface area contributed by atoms with Gasteiger partial charge in [0.1, 0.15) is 0 Å². The van der Waals surface area contributed by atoms with E-state index >= 15 is 0 Å². The number of amides is 1. The molecule has 1 fully saturated rings. The van der Waals surface area contributed by atoms with Gasteiger partial charge in [0.25, 0.3) is 0 Å². The van der Waals surface area contributed by atoms with Gasteiger partial charge in [-0.2, -0.15) is 0 Å². The van der Waals surface area contributed by atoms with E-state index in [-0.39, 0.29) is 5.91 Å². The predicted molar refractivity (Wildman–Crippen MR) is 107 cm³/mol. The topological polar surface area (TPSA) is 58.6 Å². The zero-order valence-electron chi connectivity index (χ0n) is 16.6. The summed E-state index contributed by atoms with van der Waals surface area (Å²) in [7, 11) is 0. The number of thioether (sulfide) groups is 1. The van der Waals surface area contributed by atoms with Gasteiger partial charge in [0.05, 0.1) is 10.9 Å². The van der Waals surface area contributed by atoms with Gasteiger partial charge in [-0.15, -0.1) is 11.8 Å². The number of ether oxygens (including phenoxy) is 1. The molecule has 0 saturated carbocycles. The Hall–Kier alpha value is -0.780. The molecule has 4 nitrogen and oxygen atoms in total. The lowest BCUT2D eigenvalue weighted by Crippen LogP contribution is -2.41. The predicted octanol–water partition coefficient (Wildman–Crippen LogP) is 4.05. The van der Waals surface area contributed by atoms with Crippen molar-refractivity contribution in [1.82, 2.24) is 5.32 Å². The van der Waals surface area contributed by atoms with Gasteiger partial charge in [-0.3, -0.25) is 4.79 Å². The van der Waals surface area contributed by atoms with Crippen molar-refractivity contribution < 1.29 is 14.6 Å². The fraction of sp³-hybridized carbons (Fsp3) is 0.750. The Kier molecular flexibility index (Phi) is 8.23. The molecule has 1 rings (SSSR count). The molecule has 144 valence electrons. The van der Waals surface area contributed by atoms with E-state index in [1.54, 1.807) is 11.8 Å². The van der Waals surface area contributed by atoms with Gasteiger partial charge in [0, 0.05) is 29.6 Å². The minimum absolute atomic E-state index is 0.000567. The van der Waals surface area contributed by atoms with Gasteiger partial charge in [-0.25, -0.2) is 0 Å². The molecule has 1 amide bonds. The highest BCUT2D eigenvalue weighted by Crippen LogP contribution is 2.35. The number of aliphatic hydroxyl groups excluding tert-OH is 1. The van der Waals surface area contributed by atoms with Gasteiger partial charge < -0.3 is 15.2 Å². The van der Waals surface area contributed by atoms with Crippen LogP contribution in [0.15, 0.2) is 23.9 Å². The van der Waals surface area contributed by atoms with E-state index in [1.807, 2.05) is 47.6 Å². The fourth-order valence-corrected chi connectivity index (χ4v) is 4.22. The van der Waals surface area contributed by atoms with Crippen LogP contribution < -0.4 is 5.32 Å². The molecule has 1 unspecified atom stereocenters. The number of hydrogen-bond acceptors (Lipinski definition) is 4. The Morgan fingerprint density at radius 2 is 1.92 bits per heavy atom. The Morgan fingerprint density at radius 3 is 2.44 bits per heavy atom. The third-order valence-electron chi connectivity index (χ3n) is 4.93. The summed E-state index contributed by atoms with van der Waals surface area (Å²) in [5, 5.41) is 13.6. The first-order valence-electron chi connectivity index (χ1n) is 9.13. The molecule has 0 spiro atoms. The van der Waals surface area contributed by atoms with Crippen molar-refractivity contribution in [2.45, 2.75) is 76.9 Å². The lowest BCUT2D eigenvalue weighted by Gasteiger charge is -2.32. The minimum atomic E-state index is -0.503. The van der Waals surface area contributed by atoms with Crippen molar-refractivity contribution in [1.29, 1.82) is 0 Å². The van der Waals surface area contributed by atoms with E-state index in [0.29, 0.717) is 11.7 Å². The quantitative estimate of drug-likeness (QED) is 0.634. The van der Waals surface area contributed by atoms with Crippen LogP contribution in [0.4, 0.5) is 0 Å². The molecule has 5 heteroatoms. The van der Waals surface area contributed by atoms with Crippen LogP contribution in [0.3, 0.4) is 0 Å². The SMILES string of the molecule is C=C(/C=C(\C)NC(=O)C(C)(C)SC1CCOCC1)C(C)(C)C(O)CC. The van der Waals surface area contributed by atoms with Crippen LogP contribution in [0.2, 0.25) is 0 Å². The summed E-state index contributed by atoms with van der Waals surface area (Å²) in [6.07, 6.45) is 4.07. The maximum Gasteiger partial charge on any atom is 0.239 e. The number of hydrogen-bond donors (Lipinski definition) is 2. The Labute approximate surface area is 157 Å². The maximum absolute atomic E-state index is 12.7. The monoisotopic (exact) mass is 369 g/mol. The summed E-state index contributed by atoms with van der Waals surface area (Å²) in [6, 6.07) is 0. The van der Waals surface area contributed by atoms with E-state index in [1.165, 1.54) is 0 Å². The van der Waals surface area contributed by atoms with Gasteiger partial charge >= 0.3 is 0 Å². The Morgan fingerprint density at radius 1 is 1.36 bits per heavy atom. The zero-order valence-corrected chi connectivity index (χ0v) is 17.5. The third kappa shape index (κ3) is 6.46. The Bertz CT molecular complexity index is 505. The second-order valence-electron chi connectivity index (χ2n) is 7.89. The average molecular weight is 370 g/mol. The normalized spacial score (nSPS) is 18.8. The summed E-state index contributed by atoms with van der Waals surface area (Å²) < 4.78 is 4.89. The second kappa shape index (κ2) is 9.24. The standard InChI is InChI=1S/C20H35NO3S/c1-8-17(22)19(4,5)14(2)13-15(3)21-18(23)20(6,7)25-16-9-11-24-12-10-16/h13,16-17,22H,2,8-12H2,1,3-7H3,(H,21,23)/b15-13+. The van der Waals surface area contributed by atoms with Gasteiger partial charge in [-0.05, 0) is 51.7 Å². The van der Waals surface area contributed by atoms with Crippen LogP contribution in [0.1, 0.15) is 60.8 Å². The Balaban J connectivity index is 2.68. The number of aliphatic hydroxyl groups is 1. The minimum Gasteiger partial charge on any atom is -0.392 e. The van der Waals surface area contributed by atoms with Crippen molar-refractivity contribution >= 4 is 17.7 Å². The number of rotatable bonds is 8. The third-order valence-corrected chi connectivity index (χ3v) is 6.50. The summed E-state index contributed by atoms with van der Waals surface area (Å²) in [4.78, 5) is 12.7. The molecule has 0 aromatic carbocycles. The van der Waals surface area contributed by atoms with Crippen LogP contribution in [0.25, 0.3) is 0 Å². The van der Waals surface area contributed by atoms with Crippen LogP contribution >= 0.6 is 11.8 Å². The molecule has 1 saturated heterocycles. The first-order valence-corrected chi connectivity index (χ1v) is 10.0. The highest BCUT2D eigenvalue weighted by atomic mass is 32.2. The molecule has 2 N–H and O–H groups in total. The van der Waals surface area contributed by atoms with Crippen LogP contribution in [-0.4, -0.2) is 40.3 Å². The summed E-state index contributed by atoms with van der Waals surface area (Å²) in [5.41, 5.74) is 1.15. The number of carbonyl (C=O) groups excluding carboxylic acids is 1. The molecule has 0 aromatic heterocycles. The van der Waals surface area contributed by atoms with Gasteiger partial charge in [-0.1, -0.05) is 27.4 Å². The smallest absolute Gasteiger partial charge is 0.239 e. The van der Waals surface area contributed by atoms with E-state index in [9.17, 15) is 9.90 Å². The number of allylic oxidation sites excluding steroid dienone is 2. The molecule has 1 aliphatic heterocycles. The lowest BCUT2D eigenvalue weighted by molar-refractivity contribution is -0.121. The van der Waals surface area contributed by atoms with E-state index < -0.39 is 16.3 Å². The maximum atomic E-state index is 12.7. The average Bonchev–Trinajstić information content (AvgIpc) is 2.54. The molecule has 1 atom stereocenters. The highest BCUT2D eigenvalue weighted by Gasteiger charge is 2.33. The first kappa shape index (κ1) is 22.3. The zero-order chi connectivity index (χ0) is 19.3. The van der Waals surface area contributed by atoms with E-state index in [4.69, 9.17) is 4.74 Å². The number of nitrogens with one attached hydrogen (secondary N) is 1. The molecule has 0 aromatic rings. The van der Waals surface area contributed by atoms with E-state index in [2.05, 4.69) is 11.9 Å². The van der Waals surface area contributed by atoms with Crippen LogP contribution in [-0.2, 0) is 9.53 Å². The largest absolute Gasteiger partial charge is 0.392 e. The van der Waals surface area contributed by atoms with Crippen LogP contribution in [0.5, 0.6) is 0 Å². The summed E-state index contributed by atoms with van der Waals surface area (Å²) in [5.74, 6) is -0.000567. The second-order valence-corrected chi connectivity index (χ2v) is 9.82. The molecule has 1 heterocycles. The molecule has 1 aliphatic rings. The van der Waals surface area contributed by atoms with Gasteiger partial charge in [0.15, 0.2) is 0 Å². The van der Waals surface area contributed by atoms with E-state index in [0.717, 1.165) is 37.3 Å². The number of carbonyl (C=O) groups is 1. The van der Waals surface area contributed by atoms with Crippen molar-refractivity contribution in [3.63, 3.8) is 0 Å². The molecular weight excluding hydrogens is 334 g/mol. The molecule has 0 bridgehead atoms. The first-order chi connectivity index (χ1) is 11.5. The van der Waals surface area contributed by atoms with Crippen molar-refractivity contribution in [3.8, 4) is 0 Å². The fourth-order valence-electron chi connectivity index (χ4n) is 2.80. The van der Waals surface area contributed by atoms with Crippen LogP contribution in [0, 0.1) is 5.41 Å².